The van der Waals surface area contributed by atoms with Gasteiger partial charge < -0.3 is 19.7 Å². The third-order valence-electron chi connectivity index (χ3n) is 6.04. The van der Waals surface area contributed by atoms with E-state index in [1.165, 1.54) is 0 Å². The van der Waals surface area contributed by atoms with Gasteiger partial charge in [0.1, 0.15) is 17.2 Å². The van der Waals surface area contributed by atoms with Crippen molar-refractivity contribution in [2.45, 2.75) is 0 Å². The van der Waals surface area contributed by atoms with E-state index in [9.17, 15) is 4.79 Å². The van der Waals surface area contributed by atoms with Crippen LogP contribution in [0.25, 0.3) is 10.2 Å². The van der Waals surface area contributed by atoms with E-state index in [1.807, 2.05) is 60.7 Å². The molecule has 1 aliphatic heterocycles. The lowest BCUT2D eigenvalue weighted by molar-refractivity contribution is 0.0948. The molecule has 1 amide bonds. The van der Waals surface area contributed by atoms with E-state index in [2.05, 4.69) is 15.1 Å². The summed E-state index contributed by atoms with van der Waals surface area (Å²) in [7, 11) is 1.68. The summed E-state index contributed by atoms with van der Waals surface area (Å²) < 4.78 is 12.3. The number of amides is 1. The number of aromatic nitrogens is 1. The molecule has 1 aromatic heterocycles. The number of carbonyl (C=O) groups excluding carboxylic acids is 1. The zero-order chi connectivity index (χ0) is 24.0. The van der Waals surface area contributed by atoms with Gasteiger partial charge in [-0.3, -0.25) is 9.69 Å². The predicted octanol–water partition coefficient (Wildman–Crippen LogP) is 4.65. The maximum Gasteiger partial charge on any atom is 0.251 e. The Morgan fingerprint density at radius 2 is 1.66 bits per heavy atom. The first-order chi connectivity index (χ1) is 17.2. The zero-order valence-corrected chi connectivity index (χ0v) is 20.5. The maximum absolute atomic E-state index is 12.5. The summed E-state index contributed by atoms with van der Waals surface area (Å²) in [5.74, 6) is 2.27. The van der Waals surface area contributed by atoms with Gasteiger partial charge in [-0.25, -0.2) is 4.98 Å². The van der Waals surface area contributed by atoms with E-state index in [0.717, 1.165) is 59.6 Å². The lowest BCUT2D eigenvalue weighted by atomic mass is 10.2. The van der Waals surface area contributed by atoms with Crippen LogP contribution in [0.1, 0.15) is 10.4 Å². The minimum atomic E-state index is -0.0696. The first kappa shape index (κ1) is 23.1. The molecule has 3 aromatic carbocycles. The molecule has 2 heterocycles. The Bertz CT molecular complexity index is 1270. The van der Waals surface area contributed by atoms with Crippen molar-refractivity contribution in [2.75, 3.05) is 51.3 Å². The van der Waals surface area contributed by atoms with Crippen molar-refractivity contribution in [1.82, 2.24) is 15.2 Å². The summed E-state index contributed by atoms with van der Waals surface area (Å²) in [4.78, 5) is 22.0. The largest absolute Gasteiger partial charge is 0.497 e. The topological polar surface area (TPSA) is 66.9 Å². The van der Waals surface area contributed by atoms with Crippen molar-refractivity contribution < 1.29 is 14.3 Å². The summed E-state index contributed by atoms with van der Waals surface area (Å²) >= 11 is 1.71. The Labute approximate surface area is 208 Å². The molecule has 0 atom stereocenters. The molecule has 1 saturated heterocycles. The van der Waals surface area contributed by atoms with Gasteiger partial charge in [0, 0.05) is 44.8 Å². The number of fused-ring (bicyclic) bond motifs is 1. The summed E-state index contributed by atoms with van der Waals surface area (Å²) in [6.45, 7) is 5.18. The van der Waals surface area contributed by atoms with E-state index in [1.54, 1.807) is 30.6 Å². The number of methoxy groups -OCH3 is 1. The number of para-hydroxylation sites is 1. The molecule has 1 aliphatic rings. The van der Waals surface area contributed by atoms with Crippen LogP contribution < -0.4 is 19.7 Å². The van der Waals surface area contributed by atoms with Crippen LogP contribution in [-0.4, -0.2) is 62.2 Å². The van der Waals surface area contributed by atoms with E-state index in [4.69, 9.17) is 14.5 Å². The summed E-state index contributed by atoms with van der Waals surface area (Å²) in [5, 5.41) is 4.09. The Hall–Kier alpha value is -3.62. The molecule has 8 heteroatoms. The van der Waals surface area contributed by atoms with Gasteiger partial charge in [-0.15, -0.1) is 0 Å². The van der Waals surface area contributed by atoms with Crippen LogP contribution in [0.2, 0.25) is 0 Å². The van der Waals surface area contributed by atoms with Crippen molar-refractivity contribution in [3.8, 4) is 17.2 Å². The Morgan fingerprint density at radius 1 is 0.943 bits per heavy atom. The van der Waals surface area contributed by atoms with Crippen LogP contribution >= 0.6 is 11.3 Å². The first-order valence-corrected chi connectivity index (χ1v) is 12.5. The molecule has 180 valence electrons. The molecule has 7 nitrogen and oxygen atoms in total. The number of carbonyl (C=O) groups is 1. The number of anilines is 1. The number of nitrogens with one attached hydrogen (secondary N) is 1. The van der Waals surface area contributed by atoms with Gasteiger partial charge in [0.05, 0.1) is 17.3 Å². The van der Waals surface area contributed by atoms with Gasteiger partial charge in [-0.05, 0) is 54.6 Å². The molecule has 0 spiro atoms. The van der Waals surface area contributed by atoms with Gasteiger partial charge in [0.15, 0.2) is 5.13 Å². The molecular weight excluding hydrogens is 460 g/mol. The normalized spacial score (nSPS) is 14.1. The van der Waals surface area contributed by atoms with Gasteiger partial charge in [0.25, 0.3) is 5.91 Å². The number of rotatable bonds is 8. The van der Waals surface area contributed by atoms with Crippen LogP contribution in [-0.2, 0) is 0 Å². The number of piperazine rings is 1. The molecule has 0 radical (unpaired) electrons. The highest BCUT2D eigenvalue weighted by Gasteiger charge is 2.20. The van der Waals surface area contributed by atoms with Crippen molar-refractivity contribution in [2.24, 2.45) is 0 Å². The highest BCUT2D eigenvalue weighted by Crippen LogP contribution is 2.31. The average molecular weight is 489 g/mol. The predicted molar refractivity (Wildman–Crippen MR) is 140 cm³/mol. The lowest BCUT2D eigenvalue weighted by Gasteiger charge is -2.34. The number of benzene rings is 3. The number of nitrogens with zero attached hydrogens (tertiary/aromatic N) is 3. The second kappa shape index (κ2) is 10.8. The maximum atomic E-state index is 12.5. The van der Waals surface area contributed by atoms with Crippen LogP contribution in [0.4, 0.5) is 5.13 Å². The first-order valence-electron chi connectivity index (χ1n) is 11.7. The smallest absolute Gasteiger partial charge is 0.251 e. The molecule has 5 rings (SSSR count). The lowest BCUT2D eigenvalue weighted by Crippen LogP contribution is -2.48. The molecule has 0 unspecified atom stereocenters. The molecule has 0 saturated carbocycles. The van der Waals surface area contributed by atoms with E-state index in [-0.39, 0.29) is 5.91 Å². The second-order valence-corrected chi connectivity index (χ2v) is 9.36. The molecular formula is C27H28N4O3S. The average Bonchev–Trinajstić information content (AvgIpc) is 3.33. The Kier molecular flexibility index (Phi) is 7.11. The quantitative estimate of drug-likeness (QED) is 0.390. The number of ether oxygens (including phenoxy) is 2. The van der Waals surface area contributed by atoms with E-state index in [0.29, 0.717) is 17.9 Å². The van der Waals surface area contributed by atoms with Crippen LogP contribution in [0, 0.1) is 0 Å². The fourth-order valence-electron chi connectivity index (χ4n) is 4.05. The monoisotopic (exact) mass is 488 g/mol. The number of thiazole rings is 1. The SMILES string of the molecule is COc1ccc2nc(N3CCN(CCNC(=O)c4ccc(Oc5ccccc5)cc4)CC3)sc2c1. The van der Waals surface area contributed by atoms with Crippen LogP contribution in [0.5, 0.6) is 17.2 Å². The third-order valence-corrected chi connectivity index (χ3v) is 7.12. The Morgan fingerprint density at radius 3 is 2.40 bits per heavy atom. The van der Waals surface area contributed by atoms with E-state index >= 15 is 0 Å². The highest BCUT2D eigenvalue weighted by atomic mass is 32.1. The summed E-state index contributed by atoms with van der Waals surface area (Å²) in [6, 6.07) is 22.8. The van der Waals surface area contributed by atoms with Crippen LogP contribution in [0.15, 0.2) is 72.8 Å². The fourth-order valence-corrected chi connectivity index (χ4v) is 5.09. The van der Waals surface area contributed by atoms with Crippen molar-refractivity contribution in [3.05, 3.63) is 78.4 Å². The second-order valence-electron chi connectivity index (χ2n) is 8.35. The van der Waals surface area contributed by atoms with Crippen molar-refractivity contribution in [1.29, 1.82) is 0 Å². The van der Waals surface area contributed by atoms with Gasteiger partial charge in [0.2, 0.25) is 0 Å². The van der Waals surface area contributed by atoms with E-state index < -0.39 is 0 Å². The molecule has 4 aromatic rings. The summed E-state index contributed by atoms with van der Waals surface area (Å²) in [6.07, 6.45) is 0. The highest BCUT2D eigenvalue weighted by molar-refractivity contribution is 7.22. The van der Waals surface area contributed by atoms with Crippen molar-refractivity contribution >= 4 is 32.6 Å². The third kappa shape index (κ3) is 5.72. The minimum Gasteiger partial charge on any atom is -0.497 e. The Balaban J connectivity index is 1.06. The molecule has 0 bridgehead atoms. The molecule has 1 fully saturated rings. The standard InChI is InChI=1S/C27H28N4O3S/c1-33-23-11-12-24-25(19-23)35-27(29-24)31-17-15-30(16-18-31)14-13-28-26(32)20-7-9-22(10-8-20)34-21-5-3-2-4-6-21/h2-12,19H,13-18H2,1H3,(H,28,32). The van der Waals surface area contributed by atoms with Gasteiger partial charge in [-0.2, -0.15) is 0 Å². The number of hydrogen-bond donors (Lipinski definition) is 1. The van der Waals surface area contributed by atoms with Gasteiger partial charge in [-0.1, -0.05) is 29.5 Å². The minimum absolute atomic E-state index is 0.0696. The fraction of sp³-hybridized carbons (Fsp3) is 0.259. The van der Waals surface area contributed by atoms with Crippen molar-refractivity contribution in [3.63, 3.8) is 0 Å². The summed E-state index contributed by atoms with van der Waals surface area (Å²) in [5.41, 5.74) is 1.64. The zero-order valence-electron chi connectivity index (χ0n) is 19.6. The van der Waals surface area contributed by atoms with Crippen LogP contribution in [0.3, 0.4) is 0 Å². The number of hydrogen-bond acceptors (Lipinski definition) is 7. The molecule has 35 heavy (non-hydrogen) atoms. The molecule has 1 N–H and O–H groups in total. The molecule has 0 aliphatic carbocycles. The van der Waals surface area contributed by atoms with Gasteiger partial charge >= 0.3 is 0 Å².